The first-order valence-corrected chi connectivity index (χ1v) is 11.3. The Labute approximate surface area is 172 Å². The van der Waals surface area contributed by atoms with Crippen LogP contribution in [0.3, 0.4) is 0 Å². The number of benzene rings is 2. The summed E-state index contributed by atoms with van der Waals surface area (Å²) in [6, 6.07) is 13.7. The molecule has 0 unspecified atom stereocenters. The van der Waals surface area contributed by atoms with E-state index in [4.69, 9.17) is 4.74 Å². The molecule has 0 radical (unpaired) electrons. The number of nitrogens with zero attached hydrogens (tertiary/aromatic N) is 1. The molecule has 1 heterocycles. The third kappa shape index (κ3) is 5.48. The van der Waals surface area contributed by atoms with Gasteiger partial charge in [0, 0.05) is 18.8 Å². The fourth-order valence-corrected chi connectivity index (χ4v) is 4.76. The maximum Gasteiger partial charge on any atom is 0.243 e. The number of rotatable bonds is 8. The summed E-state index contributed by atoms with van der Waals surface area (Å²) in [7, 11) is -3.47. The number of carbonyl (C=O) groups is 1. The molecule has 0 aliphatic carbocycles. The van der Waals surface area contributed by atoms with E-state index < -0.39 is 10.0 Å². The third-order valence-corrected chi connectivity index (χ3v) is 6.63. The Morgan fingerprint density at radius 2 is 1.72 bits per heavy atom. The molecule has 29 heavy (non-hydrogen) atoms. The van der Waals surface area contributed by atoms with Gasteiger partial charge in [0.1, 0.15) is 5.75 Å². The number of hydrogen-bond donors (Lipinski definition) is 2. The Balaban J connectivity index is 1.57. The number of piperidine rings is 1. The first kappa shape index (κ1) is 21.1. The minimum Gasteiger partial charge on any atom is -0.492 e. The largest absolute Gasteiger partial charge is 0.492 e. The van der Waals surface area contributed by atoms with Gasteiger partial charge in [-0.1, -0.05) is 18.6 Å². The van der Waals surface area contributed by atoms with Gasteiger partial charge in [0.2, 0.25) is 15.9 Å². The highest BCUT2D eigenvalue weighted by Gasteiger charge is 2.25. The second-order valence-electron chi connectivity index (χ2n) is 6.82. The standard InChI is InChI=1S/C21H27N3O4S/c1-2-28-20-9-5-4-8-19(20)22-16-21(25)23-17-10-12-18(13-11-17)29(26,27)24-14-6-3-7-15-24/h4-5,8-13,22H,2-3,6-7,14-16H2,1H3,(H,23,25). The zero-order chi connectivity index (χ0) is 20.7. The number of amides is 1. The number of para-hydroxylation sites is 2. The molecule has 0 spiro atoms. The molecular weight excluding hydrogens is 390 g/mol. The summed E-state index contributed by atoms with van der Waals surface area (Å²) in [5.41, 5.74) is 1.29. The Bertz CT molecular complexity index is 923. The zero-order valence-corrected chi connectivity index (χ0v) is 17.4. The van der Waals surface area contributed by atoms with Gasteiger partial charge in [-0.05, 0) is 56.2 Å². The lowest BCUT2D eigenvalue weighted by Gasteiger charge is -2.25. The SMILES string of the molecule is CCOc1ccccc1NCC(=O)Nc1ccc(S(=O)(=O)N2CCCCC2)cc1. The molecule has 7 nitrogen and oxygen atoms in total. The van der Waals surface area contributed by atoms with Crippen molar-refractivity contribution in [3.8, 4) is 5.75 Å². The minimum absolute atomic E-state index is 0.0674. The van der Waals surface area contributed by atoms with Gasteiger partial charge in [-0.25, -0.2) is 8.42 Å². The predicted molar refractivity (Wildman–Crippen MR) is 114 cm³/mol. The molecule has 0 bridgehead atoms. The lowest BCUT2D eigenvalue weighted by atomic mass is 10.2. The molecule has 2 aromatic rings. The molecule has 1 fully saturated rings. The van der Waals surface area contributed by atoms with Crippen molar-refractivity contribution in [1.82, 2.24) is 4.31 Å². The van der Waals surface area contributed by atoms with Crippen LogP contribution in [-0.4, -0.2) is 44.9 Å². The number of sulfonamides is 1. The third-order valence-electron chi connectivity index (χ3n) is 4.72. The lowest BCUT2D eigenvalue weighted by molar-refractivity contribution is -0.114. The van der Waals surface area contributed by atoms with Gasteiger partial charge in [0.15, 0.2) is 0 Å². The second kappa shape index (κ2) is 9.76. The molecule has 2 N–H and O–H groups in total. The van der Waals surface area contributed by atoms with E-state index in [1.54, 1.807) is 12.1 Å². The molecule has 3 rings (SSSR count). The van der Waals surface area contributed by atoms with Gasteiger partial charge in [-0.15, -0.1) is 0 Å². The van der Waals surface area contributed by atoms with E-state index in [1.165, 1.54) is 16.4 Å². The van der Waals surface area contributed by atoms with Crippen molar-refractivity contribution in [3.05, 3.63) is 48.5 Å². The van der Waals surface area contributed by atoms with Gasteiger partial charge < -0.3 is 15.4 Å². The summed E-state index contributed by atoms with van der Waals surface area (Å²) in [4.78, 5) is 12.5. The van der Waals surface area contributed by atoms with Crippen molar-refractivity contribution in [3.63, 3.8) is 0 Å². The average Bonchev–Trinajstić information content (AvgIpc) is 2.74. The minimum atomic E-state index is -3.47. The molecule has 1 saturated heterocycles. The average molecular weight is 418 g/mol. The monoisotopic (exact) mass is 417 g/mol. The highest BCUT2D eigenvalue weighted by atomic mass is 32.2. The van der Waals surface area contributed by atoms with E-state index in [0.717, 1.165) is 24.9 Å². The van der Waals surface area contributed by atoms with E-state index in [-0.39, 0.29) is 17.3 Å². The topological polar surface area (TPSA) is 87.7 Å². The van der Waals surface area contributed by atoms with E-state index in [1.807, 2.05) is 31.2 Å². The fraction of sp³-hybridized carbons (Fsp3) is 0.381. The van der Waals surface area contributed by atoms with Gasteiger partial charge >= 0.3 is 0 Å². The van der Waals surface area contributed by atoms with Crippen LogP contribution in [0.5, 0.6) is 5.75 Å². The van der Waals surface area contributed by atoms with Crippen molar-refractivity contribution in [1.29, 1.82) is 0 Å². The Morgan fingerprint density at radius 1 is 1.03 bits per heavy atom. The molecule has 156 valence electrons. The van der Waals surface area contributed by atoms with E-state index in [2.05, 4.69) is 10.6 Å². The molecule has 8 heteroatoms. The van der Waals surface area contributed by atoms with Crippen LogP contribution in [0.25, 0.3) is 0 Å². The van der Waals surface area contributed by atoms with Crippen LogP contribution in [0, 0.1) is 0 Å². The van der Waals surface area contributed by atoms with E-state index >= 15 is 0 Å². The number of ether oxygens (including phenoxy) is 1. The second-order valence-corrected chi connectivity index (χ2v) is 8.76. The summed E-state index contributed by atoms with van der Waals surface area (Å²) in [6.45, 7) is 3.64. The number of nitrogens with one attached hydrogen (secondary N) is 2. The molecule has 1 aliphatic rings. The summed E-state index contributed by atoms with van der Waals surface area (Å²) in [5, 5.41) is 5.83. The lowest BCUT2D eigenvalue weighted by Crippen LogP contribution is -2.35. The Morgan fingerprint density at radius 3 is 2.41 bits per heavy atom. The summed E-state index contributed by atoms with van der Waals surface area (Å²) in [6.07, 6.45) is 2.86. The molecule has 0 atom stereocenters. The highest BCUT2D eigenvalue weighted by molar-refractivity contribution is 7.89. The van der Waals surface area contributed by atoms with Crippen molar-refractivity contribution >= 4 is 27.3 Å². The van der Waals surface area contributed by atoms with Crippen LogP contribution in [0.4, 0.5) is 11.4 Å². The number of carbonyl (C=O) groups excluding carboxylic acids is 1. The maximum atomic E-state index is 12.7. The predicted octanol–water partition coefficient (Wildman–Crippen LogP) is 3.31. The first-order chi connectivity index (χ1) is 14.0. The van der Waals surface area contributed by atoms with Crippen molar-refractivity contribution in [2.24, 2.45) is 0 Å². The quantitative estimate of drug-likeness (QED) is 0.688. The van der Waals surface area contributed by atoms with E-state index in [9.17, 15) is 13.2 Å². The summed E-state index contributed by atoms with van der Waals surface area (Å²) < 4.78 is 32.4. The Kier molecular flexibility index (Phi) is 7.11. The van der Waals surface area contributed by atoms with Crippen LogP contribution in [0.1, 0.15) is 26.2 Å². The maximum absolute atomic E-state index is 12.7. The van der Waals surface area contributed by atoms with Gasteiger partial charge in [-0.2, -0.15) is 4.31 Å². The van der Waals surface area contributed by atoms with Gasteiger partial charge in [-0.3, -0.25) is 4.79 Å². The van der Waals surface area contributed by atoms with Crippen molar-refractivity contribution < 1.29 is 17.9 Å². The highest BCUT2D eigenvalue weighted by Crippen LogP contribution is 2.24. The van der Waals surface area contributed by atoms with Crippen molar-refractivity contribution in [2.45, 2.75) is 31.1 Å². The molecular formula is C21H27N3O4S. The molecule has 2 aromatic carbocycles. The van der Waals surface area contributed by atoms with Crippen LogP contribution in [0.15, 0.2) is 53.4 Å². The van der Waals surface area contributed by atoms with Crippen molar-refractivity contribution in [2.75, 3.05) is 36.9 Å². The molecule has 0 aromatic heterocycles. The molecule has 0 saturated carbocycles. The normalized spacial score (nSPS) is 14.9. The Hall–Kier alpha value is -2.58. The fourth-order valence-electron chi connectivity index (χ4n) is 3.24. The van der Waals surface area contributed by atoms with Crippen LogP contribution >= 0.6 is 0 Å². The molecule has 1 amide bonds. The number of anilines is 2. The molecule has 1 aliphatic heterocycles. The van der Waals surface area contributed by atoms with E-state index in [0.29, 0.717) is 31.1 Å². The van der Waals surface area contributed by atoms with Crippen LogP contribution in [-0.2, 0) is 14.8 Å². The smallest absolute Gasteiger partial charge is 0.243 e. The first-order valence-electron chi connectivity index (χ1n) is 9.86. The van der Waals surface area contributed by atoms with Crippen LogP contribution in [0.2, 0.25) is 0 Å². The van der Waals surface area contributed by atoms with Gasteiger partial charge in [0.25, 0.3) is 0 Å². The summed E-state index contributed by atoms with van der Waals surface area (Å²) >= 11 is 0. The van der Waals surface area contributed by atoms with Gasteiger partial charge in [0.05, 0.1) is 23.7 Å². The number of hydrogen-bond acceptors (Lipinski definition) is 5. The summed E-state index contributed by atoms with van der Waals surface area (Å²) in [5.74, 6) is 0.456. The van der Waals surface area contributed by atoms with Crippen LogP contribution < -0.4 is 15.4 Å². The zero-order valence-electron chi connectivity index (χ0n) is 16.6.